The lowest BCUT2D eigenvalue weighted by Gasteiger charge is -2.28. The number of pyridine rings is 1. The first kappa shape index (κ1) is 21.3. The Bertz CT molecular complexity index is 1240. The van der Waals surface area contributed by atoms with Crippen LogP contribution in [0.25, 0.3) is 5.69 Å². The number of carbonyl (C=O) groups excluding carboxylic acids is 1. The summed E-state index contributed by atoms with van der Waals surface area (Å²) in [6, 6.07) is 17.6. The fourth-order valence-corrected chi connectivity index (χ4v) is 6.02. The number of aryl methyl sites for hydroxylation is 1. The van der Waals surface area contributed by atoms with Crippen molar-refractivity contribution in [3.05, 3.63) is 92.4 Å². The average molecular weight is 467 g/mol. The Morgan fingerprint density at radius 1 is 1.09 bits per heavy atom. The fourth-order valence-electron chi connectivity index (χ4n) is 4.47. The molecule has 32 heavy (non-hydrogen) atoms. The molecule has 1 aromatic heterocycles. The number of carbonyl (C=O) groups is 1. The molecule has 1 amide bonds. The highest BCUT2D eigenvalue weighted by molar-refractivity contribution is 7.99. The number of morpholine rings is 1. The van der Waals surface area contributed by atoms with E-state index in [4.69, 9.17) is 16.3 Å². The van der Waals surface area contributed by atoms with E-state index in [-0.39, 0.29) is 22.1 Å². The second-order valence-electron chi connectivity index (χ2n) is 8.04. The van der Waals surface area contributed by atoms with Gasteiger partial charge in [-0.1, -0.05) is 41.9 Å². The van der Waals surface area contributed by atoms with E-state index in [2.05, 4.69) is 16.7 Å². The number of hydrogen-bond acceptors (Lipinski definition) is 4. The number of aromatic nitrogens is 1. The fraction of sp³-hybridized carbons (Fsp3) is 0.280. The van der Waals surface area contributed by atoms with Gasteiger partial charge >= 0.3 is 0 Å². The monoisotopic (exact) mass is 466 g/mol. The van der Waals surface area contributed by atoms with Gasteiger partial charge in [-0.15, -0.1) is 11.8 Å². The van der Waals surface area contributed by atoms with E-state index in [0.717, 1.165) is 27.5 Å². The molecule has 2 aliphatic heterocycles. The maximum Gasteiger partial charge on any atom is 0.259 e. The molecule has 0 saturated carbocycles. The van der Waals surface area contributed by atoms with Crippen molar-refractivity contribution in [2.75, 3.05) is 26.3 Å². The molecule has 5 nitrogen and oxygen atoms in total. The third kappa shape index (κ3) is 3.87. The Hall–Kier alpha value is -2.54. The largest absolute Gasteiger partial charge is 0.378 e. The van der Waals surface area contributed by atoms with E-state index in [1.165, 1.54) is 0 Å². The first-order valence-corrected chi connectivity index (χ1v) is 11.9. The van der Waals surface area contributed by atoms with Gasteiger partial charge in [0.25, 0.3) is 5.91 Å². The van der Waals surface area contributed by atoms with Crippen LogP contribution in [0.4, 0.5) is 0 Å². The van der Waals surface area contributed by atoms with Gasteiger partial charge in [-0.3, -0.25) is 9.59 Å². The molecule has 0 bridgehead atoms. The second-order valence-corrected chi connectivity index (χ2v) is 9.73. The lowest BCUT2D eigenvalue weighted by molar-refractivity contribution is 0.0300. The predicted molar refractivity (Wildman–Crippen MR) is 127 cm³/mol. The first-order chi connectivity index (χ1) is 15.5. The standard InChI is InChI=1S/C25H23ClN2O3S/c1-16-13-21(29)24(25(30)27-9-11-31-12-10-27)20-15-22(17-5-3-2-4-6-17)32-23-14-18(26)7-8-19(23)28(16)20/h2-8,13-14,22H,9-12,15H2,1H3. The van der Waals surface area contributed by atoms with Crippen LogP contribution in [0.5, 0.6) is 0 Å². The quantitative estimate of drug-likeness (QED) is 0.551. The number of amides is 1. The maximum absolute atomic E-state index is 13.6. The summed E-state index contributed by atoms with van der Waals surface area (Å²) in [5.41, 5.74) is 3.70. The van der Waals surface area contributed by atoms with Crippen molar-refractivity contribution in [1.82, 2.24) is 9.47 Å². The number of thioether (sulfide) groups is 1. The molecular weight excluding hydrogens is 444 g/mol. The van der Waals surface area contributed by atoms with Gasteiger partial charge in [0, 0.05) is 52.1 Å². The molecule has 1 saturated heterocycles. The zero-order chi connectivity index (χ0) is 22.2. The smallest absolute Gasteiger partial charge is 0.259 e. The minimum absolute atomic E-state index is 0.0413. The van der Waals surface area contributed by atoms with E-state index in [1.807, 2.05) is 43.3 Å². The van der Waals surface area contributed by atoms with Crippen molar-refractivity contribution in [3.63, 3.8) is 0 Å². The Kier molecular flexibility index (Phi) is 5.84. The average Bonchev–Trinajstić information content (AvgIpc) is 2.97. The van der Waals surface area contributed by atoms with Gasteiger partial charge in [0.2, 0.25) is 0 Å². The third-order valence-electron chi connectivity index (χ3n) is 5.99. The van der Waals surface area contributed by atoms with Crippen LogP contribution in [0.15, 0.2) is 64.3 Å². The first-order valence-electron chi connectivity index (χ1n) is 10.7. The Balaban J connectivity index is 1.74. The van der Waals surface area contributed by atoms with Gasteiger partial charge in [0.15, 0.2) is 5.43 Å². The molecule has 5 rings (SSSR count). The van der Waals surface area contributed by atoms with E-state index in [0.29, 0.717) is 37.7 Å². The lowest BCUT2D eigenvalue weighted by Crippen LogP contribution is -2.43. The summed E-state index contributed by atoms with van der Waals surface area (Å²) >= 11 is 8.07. The Morgan fingerprint density at radius 3 is 2.59 bits per heavy atom. The molecule has 3 heterocycles. The van der Waals surface area contributed by atoms with Crippen molar-refractivity contribution in [2.45, 2.75) is 23.5 Å². The van der Waals surface area contributed by atoms with Crippen LogP contribution in [-0.2, 0) is 11.2 Å². The minimum atomic E-state index is -0.223. The van der Waals surface area contributed by atoms with Crippen LogP contribution in [0.2, 0.25) is 5.02 Å². The highest BCUT2D eigenvalue weighted by Crippen LogP contribution is 2.45. The SMILES string of the molecule is Cc1cc(=O)c(C(=O)N2CCOCC2)c2n1-c1ccc(Cl)cc1SC(c1ccccc1)C2. The van der Waals surface area contributed by atoms with Crippen molar-refractivity contribution < 1.29 is 9.53 Å². The summed E-state index contributed by atoms with van der Waals surface area (Å²) < 4.78 is 7.47. The molecule has 1 fully saturated rings. The summed E-state index contributed by atoms with van der Waals surface area (Å²) in [4.78, 5) is 29.5. The molecular formula is C25H23ClN2O3S. The zero-order valence-electron chi connectivity index (χ0n) is 17.7. The zero-order valence-corrected chi connectivity index (χ0v) is 19.3. The van der Waals surface area contributed by atoms with Crippen molar-refractivity contribution >= 4 is 29.3 Å². The van der Waals surface area contributed by atoms with Crippen molar-refractivity contribution in [1.29, 1.82) is 0 Å². The molecule has 0 aliphatic carbocycles. The number of hydrogen-bond donors (Lipinski definition) is 0. The number of rotatable bonds is 2. The normalized spacial score (nSPS) is 17.9. The number of benzene rings is 2. The highest BCUT2D eigenvalue weighted by atomic mass is 35.5. The minimum Gasteiger partial charge on any atom is -0.378 e. The van der Waals surface area contributed by atoms with E-state index in [1.54, 1.807) is 22.7 Å². The van der Waals surface area contributed by atoms with Crippen LogP contribution in [0, 0.1) is 6.92 Å². The molecule has 7 heteroatoms. The van der Waals surface area contributed by atoms with Crippen molar-refractivity contribution in [3.8, 4) is 5.69 Å². The van der Waals surface area contributed by atoms with Gasteiger partial charge in [-0.2, -0.15) is 0 Å². The van der Waals surface area contributed by atoms with Crippen LogP contribution in [0.3, 0.4) is 0 Å². The Labute approximate surface area is 196 Å². The molecule has 1 unspecified atom stereocenters. The van der Waals surface area contributed by atoms with Crippen LogP contribution in [0.1, 0.15) is 32.6 Å². The summed E-state index contributed by atoms with van der Waals surface area (Å²) in [6.07, 6.45) is 0.559. The van der Waals surface area contributed by atoms with Gasteiger partial charge in [-0.25, -0.2) is 0 Å². The molecule has 0 N–H and O–H groups in total. The maximum atomic E-state index is 13.6. The van der Waals surface area contributed by atoms with E-state index >= 15 is 0 Å². The van der Waals surface area contributed by atoms with Crippen LogP contribution in [-0.4, -0.2) is 41.7 Å². The summed E-state index contributed by atoms with van der Waals surface area (Å²) in [7, 11) is 0. The highest BCUT2D eigenvalue weighted by Gasteiger charge is 2.31. The lowest BCUT2D eigenvalue weighted by atomic mass is 10.0. The molecule has 2 aliphatic rings. The van der Waals surface area contributed by atoms with Crippen LogP contribution < -0.4 is 5.43 Å². The second kappa shape index (κ2) is 8.77. The van der Waals surface area contributed by atoms with Gasteiger partial charge < -0.3 is 14.2 Å². The molecule has 2 aromatic carbocycles. The summed E-state index contributed by atoms with van der Waals surface area (Å²) in [5, 5.41) is 0.703. The topological polar surface area (TPSA) is 51.5 Å². The number of fused-ring (bicyclic) bond motifs is 3. The Morgan fingerprint density at radius 2 is 1.84 bits per heavy atom. The van der Waals surface area contributed by atoms with Gasteiger partial charge in [0.1, 0.15) is 5.56 Å². The van der Waals surface area contributed by atoms with Gasteiger partial charge in [0.05, 0.1) is 18.9 Å². The van der Waals surface area contributed by atoms with Crippen LogP contribution >= 0.6 is 23.4 Å². The van der Waals surface area contributed by atoms with E-state index in [9.17, 15) is 9.59 Å². The summed E-state index contributed by atoms with van der Waals surface area (Å²) in [5.74, 6) is -0.212. The predicted octanol–water partition coefficient (Wildman–Crippen LogP) is 4.66. The number of ether oxygens (including phenoxy) is 1. The van der Waals surface area contributed by atoms with E-state index < -0.39 is 0 Å². The molecule has 0 spiro atoms. The number of halogens is 1. The molecule has 164 valence electrons. The number of nitrogens with zero attached hydrogens (tertiary/aromatic N) is 2. The molecule has 3 aromatic rings. The third-order valence-corrected chi connectivity index (χ3v) is 7.53. The van der Waals surface area contributed by atoms with Gasteiger partial charge in [-0.05, 0) is 30.7 Å². The molecule has 0 radical (unpaired) electrons. The van der Waals surface area contributed by atoms with Crippen molar-refractivity contribution in [2.24, 2.45) is 0 Å². The summed E-state index contributed by atoms with van der Waals surface area (Å²) in [6.45, 7) is 3.89. The molecule has 1 atom stereocenters.